The molecule has 2 rings (SSSR count). The summed E-state index contributed by atoms with van der Waals surface area (Å²) in [5, 5.41) is 8.99. The Morgan fingerprint density at radius 3 is 2.78 bits per heavy atom. The Kier molecular flexibility index (Phi) is 5.36. The van der Waals surface area contributed by atoms with Gasteiger partial charge in [0.1, 0.15) is 5.01 Å². The highest BCUT2D eigenvalue weighted by Gasteiger charge is 2.28. The van der Waals surface area contributed by atoms with E-state index in [0.717, 1.165) is 24.6 Å². The molecule has 2 unspecified atom stereocenters. The van der Waals surface area contributed by atoms with E-state index in [-0.39, 0.29) is 0 Å². The summed E-state index contributed by atoms with van der Waals surface area (Å²) < 4.78 is 0.528. The first-order valence-corrected chi connectivity index (χ1v) is 7.86. The highest BCUT2D eigenvalue weighted by atomic mass is 35.5. The van der Waals surface area contributed by atoms with E-state index in [2.05, 4.69) is 22.0 Å². The largest absolute Gasteiger partial charge is 0.330 e. The molecule has 0 amide bonds. The Bertz CT molecular complexity index is 371. The minimum absolute atomic E-state index is 0.528. The number of nitrogens with zero attached hydrogens (tertiary/aromatic N) is 3. The number of aromatic nitrogens is 2. The van der Waals surface area contributed by atoms with Gasteiger partial charge in [-0.05, 0) is 43.5 Å². The van der Waals surface area contributed by atoms with Crippen molar-refractivity contribution in [2.75, 3.05) is 13.1 Å². The van der Waals surface area contributed by atoms with Crippen LogP contribution in [0.3, 0.4) is 0 Å². The van der Waals surface area contributed by atoms with Crippen molar-refractivity contribution in [3.05, 3.63) is 9.47 Å². The summed E-state index contributed by atoms with van der Waals surface area (Å²) in [7, 11) is 0. The Balaban J connectivity index is 2.02. The van der Waals surface area contributed by atoms with Crippen LogP contribution in [0.5, 0.6) is 0 Å². The molecule has 0 aromatic carbocycles. The van der Waals surface area contributed by atoms with Crippen LogP contribution in [0.2, 0.25) is 4.47 Å². The van der Waals surface area contributed by atoms with Crippen LogP contribution < -0.4 is 5.73 Å². The fourth-order valence-electron chi connectivity index (χ4n) is 2.88. The third-order valence-electron chi connectivity index (χ3n) is 3.83. The van der Waals surface area contributed by atoms with Gasteiger partial charge >= 0.3 is 0 Å². The first-order chi connectivity index (χ1) is 8.74. The fraction of sp³-hybridized carbons (Fsp3) is 0.833. The molecular formula is C12H21ClN4S. The Morgan fingerprint density at radius 2 is 2.17 bits per heavy atom. The molecule has 4 nitrogen and oxygen atoms in total. The average molecular weight is 289 g/mol. The summed E-state index contributed by atoms with van der Waals surface area (Å²) in [5.74, 6) is 0.627. The van der Waals surface area contributed by atoms with Crippen LogP contribution >= 0.6 is 22.9 Å². The highest BCUT2D eigenvalue weighted by molar-refractivity contribution is 7.15. The van der Waals surface area contributed by atoms with E-state index >= 15 is 0 Å². The average Bonchev–Trinajstić information content (AvgIpc) is 2.81. The second-order valence-corrected chi connectivity index (χ2v) is 6.50. The predicted octanol–water partition coefficient (Wildman–Crippen LogP) is 2.53. The van der Waals surface area contributed by atoms with Crippen LogP contribution in [0, 0.1) is 5.92 Å². The minimum Gasteiger partial charge on any atom is -0.330 e. The molecule has 1 aliphatic rings. The van der Waals surface area contributed by atoms with Crippen molar-refractivity contribution in [3.63, 3.8) is 0 Å². The lowest BCUT2D eigenvalue weighted by Gasteiger charge is -2.38. The maximum Gasteiger partial charge on any atom is 0.207 e. The summed E-state index contributed by atoms with van der Waals surface area (Å²) in [5.41, 5.74) is 5.91. The molecule has 0 radical (unpaired) electrons. The van der Waals surface area contributed by atoms with E-state index in [1.54, 1.807) is 0 Å². The zero-order valence-electron chi connectivity index (χ0n) is 10.8. The van der Waals surface area contributed by atoms with Crippen molar-refractivity contribution < 1.29 is 0 Å². The van der Waals surface area contributed by atoms with Crippen molar-refractivity contribution in [2.45, 2.75) is 45.2 Å². The van der Waals surface area contributed by atoms with E-state index < -0.39 is 0 Å². The molecule has 1 saturated carbocycles. The first-order valence-electron chi connectivity index (χ1n) is 6.66. The lowest BCUT2D eigenvalue weighted by molar-refractivity contribution is 0.105. The van der Waals surface area contributed by atoms with Crippen molar-refractivity contribution in [1.82, 2.24) is 15.1 Å². The Morgan fingerprint density at radius 1 is 1.39 bits per heavy atom. The van der Waals surface area contributed by atoms with Gasteiger partial charge in [0.25, 0.3) is 0 Å². The Labute approximate surface area is 118 Å². The third kappa shape index (κ3) is 3.41. The monoisotopic (exact) mass is 288 g/mol. The van der Waals surface area contributed by atoms with Crippen LogP contribution in [-0.4, -0.2) is 34.2 Å². The van der Waals surface area contributed by atoms with Crippen LogP contribution in [0.25, 0.3) is 0 Å². The summed E-state index contributed by atoms with van der Waals surface area (Å²) in [6, 6.07) is 0.594. The maximum absolute atomic E-state index is 5.91. The number of nitrogens with two attached hydrogens (primary N) is 1. The van der Waals surface area contributed by atoms with Crippen LogP contribution in [0.1, 0.15) is 37.6 Å². The van der Waals surface area contributed by atoms with Gasteiger partial charge in [0.2, 0.25) is 4.47 Å². The molecule has 2 atom stereocenters. The van der Waals surface area contributed by atoms with Gasteiger partial charge in [-0.3, -0.25) is 4.90 Å². The summed E-state index contributed by atoms with van der Waals surface area (Å²) >= 11 is 7.31. The van der Waals surface area contributed by atoms with Crippen LogP contribution in [0.4, 0.5) is 0 Å². The molecule has 18 heavy (non-hydrogen) atoms. The lowest BCUT2D eigenvalue weighted by atomic mass is 9.83. The quantitative estimate of drug-likeness (QED) is 0.905. The van der Waals surface area contributed by atoms with Gasteiger partial charge in [-0.25, -0.2) is 0 Å². The van der Waals surface area contributed by atoms with Gasteiger partial charge in [0.05, 0.1) is 6.54 Å². The van der Waals surface area contributed by atoms with Crippen molar-refractivity contribution in [2.24, 2.45) is 11.7 Å². The number of halogens is 1. The smallest absolute Gasteiger partial charge is 0.207 e. The molecule has 1 aliphatic carbocycles. The van der Waals surface area contributed by atoms with Gasteiger partial charge in [-0.1, -0.05) is 31.1 Å². The molecule has 0 aliphatic heterocycles. The van der Waals surface area contributed by atoms with Crippen LogP contribution in [0.15, 0.2) is 0 Å². The standard InChI is InChI=1S/C12H21ClN4S/c1-2-17(8-11-15-16-12(13)18-11)10-6-4-3-5-9(10)7-14/h9-10H,2-8,14H2,1H3. The molecule has 102 valence electrons. The predicted molar refractivity (Wildman–Crippen MR) is 75.8 cm³/mol. The molecule has 0 saturated heterocycles. The van der Waals surface area contributed by atoms with Gasteiger partial charge in [0, 0.05) is 6.04 Å². The molecule has 6 heteroatoms. The summed E-state index contributed by atoms with van der Waals surface area (Å²) in [6.07, 6.45) is 5.14. The Hall–Kier alpha value is -0.230. The normalized spacial score (nSPS) is 24.7. The van der Waals surface area contributed by atoms with Crippen molar-refractivity contribution >= 4 is 22.9 Å². The fourth-order valence-corrected chi connectivity index (χ4v) is 3.77. The molecule has 1 aromatic rings. The van der Waals surface area contributed by atoms with E-state index in [0.29, 0.717) is 16.4 Å². The molecular weight excluding hydrogens is 268 g/mol. The second-order valence-electron chi connectivity index (χ2n) is 4.86. The number of hydrogen-bond acceptors (Lipinski definition) is 5. The SMILES string of the molecule is CCN(Cc1nnc(Cl)s1)C1CCCCC1CN. The summed E-state index contributed by atoms with van der Waals surface area (Å²) in [6.45, 7) is 4.86. The van der Waals surface area contributed by atoms with E-state index in [1.807, 2.05) is 0 Å². The van der Waals surface area contributed by atoms with E-state index in [1.165, 1.54) is 37.0 Å². The molecule has 1 heterocycles. The number of hydrogen-bond donors (Lipinski definition) is 1. The number of rotatable bonds is 5. The van der Waals surface area contributed by atoms with Gasteiger partial charge in [0.15, 0.2) is 0 Å². The van der Waals surface area contributed by atoms with Gasteiger partial charge in [-0.15, -0.1) is 10.2 Å². The van der Waals surface area contributed by atoms with Crippen LogP contribution in [-0.2, 0) is 6.54 Å². The summed E-state index contributed by atoms with van der Waals surface area (Å²) in [4.78, 5) is 2.48. The molecule has 0 spiro atoms. The second kappa shape index (κ2) is 6.80. The van der Waals surface area contributed by atoms with Gasteiger partial charge in [-0.2, -0.15) is 0 Å². The lowest BCUT2D eigenvalue weighted by Crippen LogP contribution is -2.44. The zero-order chi connectivity index (χ0) is 13.0. The van der Waals surface area contributed by atoms with Crippen molar-refractivity contribution in [3.8, 4) is 0 Å². The molecule has 0 bridgehead atoms. The van der Waals surface area contributed by atoms with Crippen molar-refractivity contribution in [1.29, 1.82) is 0 Å². The first kappa shape index (κ1) is 14.2. The third-order valence-corrected chi connectivity index (χ3v) is 4.83. The van der Waals surface area contributed by atoms with E-state index in [4.69, 9.17) is 17.3 Å². The maximum atomic E-state index is 5.91. The molecule has 1 aromatic heterocycles. The van der Waals surface area contributed by atoms with Gasteiger partial charge < -0.3 is 5.73 Å². The highest BCUT2D eigenvalue weighted by Crippen LogP contribution is 2.29. The topological polar surface area (TPSA) is 55.0 Å². The van der Waals surface area contributed by atoms with E-state index in [9.17, 15) is 0 Å². The molecule has 2 N–H and O–H groups in total. The zero-order valence-corrected chi connectivity index (χ0v) is 12.4. The minimum atomic E-state index is 0.528. The molecule has 1 fully saturated rings.